The molecule has 0 saturated carbocycles. The van der Waals surface area contributed by atoms with Crippen molar-refractivity contribution in [1.29, 1.82) is 0 Å². The average Bonchev–Trinajstić information content (AvgIpc) is 2.96. The number of imidazole rings is 1. The molecule has 29 heavy (non-hydrogen) atoms. The van der Waals surface area contributed by atoms with Crippen molar-refractivity contribution in [3.63, 3.8) is 0 Å². The topological polar surface area (TPSA) is 56.1 Å². The van der Waals surface area contributed by atoms with Crippen molar-refractivity contribution in [2.45, 2.75) is 41.0 Å². The van der Waals surface area contributed by atoms with Crippen molar-refractivity contribution in [3.8, 4) is 0 Å². The maximum atomic E-state index is 13.0. The number of aromatic nitrogens is 2. The lowest BCUT2D eigenvalue weighted by atomic mass is 10.0. The number of aryl methyl sites for hydroxylation is 2. The molecule has 1 aromatic heterocycles. The van der Waals surface area contributed by atoms with E-state index in [-0.39, 0.29) is 5.91 Å². The maximum absolute atomic E-state index is 13.0. The molecule has 0 fully saturated rings. The van der Waals surface area contributed by atoms with Crippen molar-refractivity contribution in [3.05, 3.63) is 70.5 Å². The van der Waals surface area contributed by atoms with Crippen LogP contribution >= 0.6 is 0 Å². The van der Waals surface area contributed by atoms with Gasteiger partial charge in [0.05, 0.1) is 23.9 Å². The lowest BCUT2D eigenvalue weighted by Crippen LogP contribution is -2.16. The first-order valence-electron chi connectivity index (χ1n) is 9.72. The van der Waals surface area contributed by atoms with Crippen LogP contribution in [0.4, 0.5) is 5.95 Å². The number of nitrogens with zero attached hydrogens (tertiary/aromatic N) is 2. The number of anilines is 1. The molecule has 2 rings (SSSR count). The van der Waals surface area contributed by atoms with E-state index < -0.39 is 0 Å². The Balaban J connectivity index is 2.41. The maximum Gasteiger partial charge on any atom is 0.257 e. The zero-order valence-electron chi connectivity index (χ0n) is 18.5. The lowest BCUT2D eigenvalue weighted by Gasteiger charge is -2.11. The fourth-order valence-electron chi connectivity index (χ4n) is 3.15. The van der Waals surface area contributed by atoms with E-state index in [0.29, 0.717) is 11.5 Å². The van der Waals surface area contributed by atoms with Crippen LogP contribution in [-0.4, -0.2) is 22.6 Å². The monoisotopic (exact) mass is 393 g/mol. The number of allylic oxidation sites excluding steroid dienone is 5. The number of rotatable bonds is 7. The second kappa shape index (κ2) is 9.41. The van der Waals surface area contributed by atoms with Gasteiger partial charge in [0.15, 0.2) is 0 Å². The van der Waals surface area contributed by atoms with Crippen LogP contribution in [0.15, 0.2) is 65.0 Å². The van der Waals surface area contributed by atoms with Gasteiger partial charge < -0.3 is 9.30 Å². The van der Waals surface area contributed by atoms with E-state index in [9.17, 15) is 4.79 Å². The molecule has 0 radical (unpaired) electrons. The molecule has 0 bridgehead atoms. The molecule has 0 spiro atoms. The van der Waals surface area contributed by atoms with E-state index in [1.165, 1.54) is 0 Å². The minimum absolute atomic E-state index is 0.231. The number of methoxy groups -OCH3 is 1. The molecule has 2 aromatic rings. The van der Waals surface area contributed by atoms with E-state index in [0.717, 1.165) is 45.5 Å². The van der Waals surface area contributed by atoms with Crippen LogP contribution in [0.3, 0.4) is 0 Å². The lowest BCUT2D eigenvalue weighted by molar-refractivity contribution is -0.112. The summed E-state index contributed by atoms with van der Waals surface area (Å²) in [5.41, 5.74) is 6.27. The summed E-state index contributed by atoms with van der Waals surface area (Å²) in [4.78, 5) is 17.6. The Morgan fingerprint density at radius 3 is 2.55 bits per heavy atom. The van der Waals surface area contributed by atoms with Gasteiger partial charge in [0.25, 0.3) is 5.91 Å². The number of amides is 1. The highest BCUT2D eigenvalue weighted by atomic mass is 16.5. The van der Waals surface area contributed by atoms with Crippen molar-refractivity contribution in [1.82, 2.24) is 9.55 Å². The van der Waals surface area contributed by atoms with Gasteiger partial charge in [-0.05, 0) is 68.7 Å². The summed E-state index contributed by atoms with van der Waals surface area (Å²) >= 11 is 0. The van der Waals surface area contributed by atoms with Gasteiger partial charge in [-0.25, -0.2) is 4.98 Å². The van der Waals surface area contributed by atoms with Gasteiger partial charge in [0.2, 0.25) is 5.95 Å². The number of benzene rings is 1. The highest BCUT2D eigenvalue weighted by molar-refractivity contribution is 6.06. The summed E-state index contributed by atoms with van der Waals surface area (Å²) < 4.78 is 7.34. The van der Waals surface area contributed by atoms with Crippen molar-refractivity contribution < 1.29 is 9.53 Å². The van der Waals surface area contributed by atoms with E-state index in [2.05, 4.69) is 22.9 Å². The van der Waals surface area contributed by atoms with Gasteiger partial charge in [0, 0.05) is 19.0 Å². The first-order chi connectivity index (χ1) is 13.7. The highest BCUT2D eigenvalue weighted by Crippen LogP contribution is 2.22. The van der Waals surface area contributed by atoms with Crippen molar-refractivity contribution in [2.24, 2.45) is 7.05 Å². The summed E-state index contributed by atoms with van der Waals surface area (Å²) in [6.45, 7) is 13.8. The molecule has 0 atom stereocenters. The normalized spacial score (nSPS) is 13.3. The van der Waals surface area contributed by atoms with Crippen molar-refractivity contribution >= 4 is 22.9 Å². The summed E-state index contributed by atoms with van der Waals surface area (Å²) in [5, 5.41) is 2.94. The van der Waals surface area contributed by atoms with Gasteiger partial charge in [-0.15, -0.1) is 0 Å². The number of nitrogens with one attached hydrogen (secondary N) is 1. The molecule has 1 aromatic carbocycles. The summed E-state index contributed by atoms with van der Waals surface area (Å²) in [6, 6.07) is 6.02. The Kier molecular flexibility index (Phi) is 7.21. The Morgan fingerprint density at radius 2 is 1.97 bits per heavy atom. The van der Waals surface area contributed by atoms with Crippen LogP contribution in [0.1, 0.15) is 39.7 Å². The number of hydrogen-bond donors (Lipinski definition) is 1. The zero-order valence-corrected chi connectivity index (χ0v) is 18.5. The smallest absolute Gasteiger partial charge is 0.257 e. The second-order valence-corrected chi connectivity index (χ2v) is 7.32. The molecule has 0 aliphatic heterocycles. The first kappa shape index (κ1) is 22.2. The molecule has 0 aliphatic rings. The van der Waals surface area contributed by atoms with E-state index >= 15 is 0 Å². The molecule has 5 nitrogen and oxygen atoms in total. The standard InChI is InChI=1S/C24H31N3O2/c1-9-22(29-8)18(6)17(5)14-19(12-15(2)3)23(28)26-24-25-20-11-10-16(4)13-21(20)27(24)7/h10-14H,2,9H2,1,3-8H3,(H,25,26,28)/b17-14+,19-12+,22-18-. The van der Waals surface area contributed by atoms with E-state index in [4.69, 9.17) is 4.74 Å². The van der Waals surface area contributed by atoms with Crippen LogP contribution < -0.4 is 5.32 Å². The SMILES string of the molecule is C=C(C)\C=C(/C=C(C)/C(C)=C(/CC)OC)C(=O)Nc1nc2ccc(C)cc2n1C. The fourth-order valence-corrected chi connectivity index (χ4v) is 3.15. The predicted octanol–water partition coefficient (Wildman–Crippen LogP) is 5.60. The first-order valence-corrected chi connectivity index (χ1v) is 9.72. The number of carbonyl (C=O) groups is 1. The minimum atomic E-state index is -0.231. The number of carbonyl (C=O) groups excluding carboxylic acids is 1. The number of ether oxygens (including phenoxy) is 1. The summed E-state index contributed by atoms with van der Waals surface area (Å²) in [5.74, 6) is 1.18. The van der Waals surface area contributed by atoms with E-state index in [1.807, 2.05) is 64.4 Å². The molecule has 1 heterocycles. The third-order valence-electron chi connectivity index (χ3n) is 4.88. The fraction of sp³-hybridized carbons (Fsp3) is 0.333. The van der Waals surface area contributed by atoms with Crippen molar-refractivity contribution in [2.75, 3.05) is 12.4 Å². The average molecular weight is 394 g/mol. The van der Waals surface area contributed by atoms with Crippen LogP contribution in [0, 0.1) is 6.92 Å². The molecule has 1 N–H and O–H groups in total. The quantitative estimate of drug-likeness (QED) is 0.378. The van der Waals surface area contributed by atoms with Gasteiger partial charge in [0.1, 0.15) is 0 Å². The van der Waals surface area contributed by atoms with Crippen LogP contribution in [0.2, 0.25) is 0 Å². The molecule has 5 heteroatoms. The largest absolute Gasteiger partial charge is 0.501 e. The molecular formula is C24H31N3O2. The Bertz CT molecular complexity index is 1030. The van der Waals surface area contributed by atoms with Crippen LogP contribution in [0.25, 0.3) is 11.0 Å². The van der Waals surface area contributed by atoms with Gasteiger partial charge >= 0.3 is 0 Å². The van der Waals surface area contributed by atoms with Gasteiger partial charge in [-0.3, -0.25) is 10.1 Å². The van der Waals surface area contributed by atoms with Gasteiger partial charge in [-0.2, -0.15) is 0 Å². The van der Waals surface area contributed by atoms with E-state index in [1.54, 1.807) is 13.2 Å². The molecular weight excluding hydrogens is 362 g/mol. The number of hydrogen-bond acceptors (Lipinski definition) is 3. The Labute approximate surface area is 173 Å². The van der Waals surface area contributed by atoms with Crippen LogP contribution in [-0.2, 0) is 16.6 Å². The zero-order chi connectivity index (χ0) is 21.7. The molecule has 0 saturated heterocycles. The highest BCUT2D eigenvalue weighted by Gasteiger charge is 2.14. The third-order valence-corrected chi connectivity index (χ3v) is 4.88. The third kappa shape index (κ3) is 5.25. The molecule has 154 valence electrons. The molecule has 0 aliphatic carbocycles. The Morgan fingerprint density at radius 1 is 1.28 bits per heavy atom. The molecule has 0 unspecified atom stereocenters. The Hall–Kier alpha value is -3.08. The molecule has 1 amide bonds. The van der Waals surface area contributed by atoms with Gasteiger partial charge in [-0.1, -0.05) is 25.1 Å². The number of fused-ring (bicyclic) bond motifs is 1. The minimum Gasteiger partial charge on any atom is -0.501 e. The summed E-state index contributed by atoms with van der Waals surface area (Å²) in [6.07, 6.45) is 4.43. The summed E-state index contributed by atoms with van der Waals surface area (Å²) in [7, 11) is 3.56. The van der Waals surface area contributed by atoms with Crippen LogP contribution in [0.5, 0.6) is 0 Å². The second-order valence-electron chi connectivity index (χ2n) is 7.32. The predicted molar refractivity (Wildman–Crippen MR) is 121 cm³/mol.